The normalized spacial score (nSPS) is 10.4. The number of ketones is 1. The van der Waals surface area contributed by atoms with Crippen LogP contribution in [0.5, 0.6) is 0 Å². The highest BCUT2D eigenvalue weighted by Gasteiger charge is 2.05. The highest BCUT2D eigenvalue weighted by atomic mass is 32.2. The second-order valence-electron chi connectivity index (χ2n) is 4.81. The zero-order valence-electron chi connectivity index (χ0n) is 11.3. The molecule has 0 amide bonds. The van der Waals surface area contributed by atoms with Crippen LogP contribution in [0.25, 0.3) is 0 Å². The number of thioether (sulfide) groups is 1. The van der Waals surface area contributed by atoms with E-state index >= 15 is 0 Å². The van der Waals surface area contributed by atoms with Gasteiger partial charge in [-0.25, -0.2) is 0 Å². The third-order valence-electron chi connectivity index (χ3n) is 2.91. The molecule has 19 heavy (non-hydrogen) atoms. The maximum atomic E-state index is 11.9. The van der Waals surface area contributed by atoms with Crippen molar-refractivity contribution < 1.29 is 4.79 Å². The molecule has 0 fully saturated rings. The van der Waals surface area contributed by atoms with Gasteiger partial charge in [0.1, 0.15) is 5.78 Å². The van der Waals surface area contributed by atoms with Crippen LogP contribution in [0.4, 0.5) is 0 Å². The number of carbonyl (C=O) groups is 1. The summed E-state index contributed by atoms with van der Waals surface area (Å²) in [6, 6.07) is 16.4. The third-order valence-corrected chi connectivity index (χ3v) is 3.96. The van der Waals surface area contributed by atoms with Crippen LogP contribution in [0.3, 0.4) is 0 Å². The Morgan fingerprint density at radius 3 is 2.42 bits per heavy atom. The van der Waals surface area contributed by atoms with E-state index in [0.717, 1.165) is 10.5 Å². The summed E-state index contributed by atoms with van der Waals surface area (Å²) in [5.74, 6) is 0.812. The molecule has 1 nitrogen and oxygen atoms in total. The van der Waals surface area contributed by atoms with Gasteiger partial charge in [-0.2, -0.15) is 0 Å². The van der Waals surface area contributed by atoms with Gasteiger partial charge in [0.2, 0.25) is 0 Å². The average molecular weight is 270 g/mol. The van der Waals surface area contributed by atoms with E-state index in [-0.39, 0.29) is 5.78 Å². The smallest absolute Gasteiger partial charge is 0.147 e. The van der Waals surface area contributed by atoms with E-state index in [1.165, 1.54) is 11.1 Å². The van der Waals surface area contributed by atoms with E-state index in [1.54, 1.807) is 11.8 Å². The van der Waals surface area contributed by atoms with E-state index in [2.05, 4.69) is 44.2 Å². The van der Waals surface area contributed by atoms with Crippen LogP contribution in [0.2, 0.25) is 0 Å². The van der Waals surface area contributed by atoms with Crippen LogP contribution in [-0.2, 0) is 11.2 Å². The SMILES string of the molecule is Cc1ccc(CC(=O)CSc2cccc(C)c2)cc1. The van der Waals surface area contributed by atoms with Crippen LogP contribution >= 0.6 is 11.8 Å². The van der Waals surface area contributed by atoms with Gasteiger partial charge in [-0.15, -0.1) is 11.8 Å². The Labute approximate surface area is 119 Å². The molecule has 0 heterocycles. The van der Waals surface area contributed by atoms with E-state index in [0.29, 0.717) is 12.2 Å². The molecule has 2 aromatic carbocycles. The highest BCUT2D eigenvalue weighted by Crippen LogP contribution is 2.19. The molecule has 2 rings (SSSR count). The molecule has 2 heteroatoms. The Bertz CT molecular complexity index is 558. The van der Waals surface area contributed by atoms with Crippen molar-refractivity contribution in [1.29, 1.82) is 0 Å². The molecule has 0 aliphatic carbocycles. The number of hydrogen-bond donors (Lipinski definition) is 0. The van der Waals surface area contributed by atoms with Crippen molar-refractivity contribution in [3.8, 4) is 0 Å². The minimum atomic E-state index is 0.273. The summed E-state index contributed by atoms with van der Waals surface area (Å²) >= 11 is 1.62. The summed E-state index contributed by atoms with van der Waals surface area (Å²) in [4.78, 5) is 13.1. The number of aryl methyl sites for hydroxylation is 2. The third kappa shape index (κ3) is 4.56. The highest BCUT2D eigenvalue weighted by molar-refractivity contribution is 8.00. The van der Waals surface area contributed by atoms with E-state index in [1.807, 2.05) is 18.2 Å². The van der Waals surface area contributed by atoms with Gasteiger partial charge in [0.05, 0.1) is 5.75 Å². The van der Waals surface area contributed by atoms with Crippen LogP contribution in [-0.4, -0.2) is 11.5 Å². The molecule has 0 N–H and O–H groups in total. The molecule has 0 radical (unpaired) electrons. The van der Waals surface area contributed by atoms with Gasteiger partial charge in [0, 0.05) is 11.3 Å². The molecule has 0 saturated heterocycles. The Balaban J connectivity index is 1.86. The molecule has 0 aliphatic rings. The van der Waals surface area contributed by atoms with Gasteiger partial charge in [-0.1, -0.05) is 47.5 Å². The average Bonchev–Trinajstić information content (AvgIpc) is 2.39. The summed E-state index contributed by atoms with van der Waals surface area (Å²) < 4.78 is 0. The summed E-state index contributed by atoms with van der Waals surface area (Å²) in [5.41, 5.74) is 3.56. The molecule has 2 aromatic rings. The predicted molar refractivity (Wildman–Crippen MR) is 81.8 cm³/mol. The van der Waals surface area contributed by atoms with E-state index < -0.39 is 0 Å². The molecule has 0 aromatic heterocycles. The minimum absolute atomic E-state index is 0.273. The van der Waals surface area contributed by atoms with Crippen molar-refractivity contribution in [2.75, 3.05) is 5.75 Å². The maximum absolute atomic E-state index is 11.9. The zero-order valence-corrected chi connectivity index (χ0v) is 12.2. The largest absolute Gasteiger partial charge is 0.298 e. The quantitative estimate of drug-likeness (QED) is 0.757. The topological polar surface area (TPSA) is 17.1 Å². The van der Waals surface area contributed by atoms with Crippen LogP contribution in [0.1, 0.15) is 16.7 Å². The van der Waals surface area contributed by atoms with Crippen molar-refractivity contribution >= 4 is 17.5 Å². The summed E-state index contributed by atoms with van der Waals surface area (Å²) in [6.07, 6.45) is 0.527. The second kappa shape index (κ2) is 6.58. The summed E-state index contributed by atoms with van der Waals surface area (Å²) in [6.45, 7) is 4.12. The summed E-state index contributed by atoms with van der Waals surface area (Å²) in [5, 5.41) is 0. The van der Waals surface area contributed by atoms with Crippen LogP contribution < -0.4 is 0 Å². The zero-order chi connectivity index (χ0) is 13.7. The lowest BCUT2D eigenvalue weighted by atomic mass is 10.1. The molecule has 0 atom stereocenters. The number of benzene rings is 2. The fourth-order valence-electron chi connectivity index (χ4n) is 1.85. The fraction of sp³-hybridized carbons (Fsp3) is 0.235. The van der Waals surface area contributed by atoms with Crippen molar-refractivity contribution in [3.63, 3.8) is 0 Å². The summed E-state index contributed by atoms with van der Waals surface area (Å²) in [7, 11) is 0. The first kappa shape index (κ1) is 13.9. The molecule has 0 bridgehead atoms. The first-order valence-electron chi connectivity index (χ1n) is 6.40. The standard InChI is InChI=1S/C17H18OS/c1-13-6-8-15(9-7-13)11-16(18)12-19-17-5-3-4-14(2)10-17/h3-10H,11-12H2,1-2H3. The van der Waals surface area contributed by atoms with Gasteiger partial charge in [-0.3, -0.25) is 4.79 Å². The molecule has 98 valence electrons. The van der Waals surface area contributed by atoms with Crippen molar-refractivity contribution in [2.24, 2.45) is 0 Å². The number of carbonyl (C=O) groups excluding carboxylic acids is 1. The lowest BCUT2D eigenvalue weighted by molar-refractivity contribution is -0.116. The van der Waals surface area contributed by atoms with Gasteiger partial charge >= 0.3 is 0 Å². The Hall–Kier alpha value is -1.54. The number of Topliss-reactive ketones (excluding diaryl/α,β-unsaturated/α-hetero) is 1. The van der Waals surface area contributed by atoms with Crippen molar-refractivity contribution in [3.05, 3.63) is 65.2 Å². The van der Waals surface area contributed by atoms with Crippen molar-refractivity contribution in [1.82, 2.24) is 0 Å². The molecule has 0 unspecified atom stereocenters. The molecular weight excluding hydrogens is 252 g/mol. The molecule has 0 spiro atoms. The lowest BCUT2D eigenvalue weighted by Gasteiger charge is -2.03. The molecule has 0 aliphatic heterocycles. The molecule has 0 saturated carbocycles. The predicted octanol–water partition coefficient (Wildman–Crippen LogP) is 4.21. The van der Waals surface area contributed by atoms with Gasteiger partial charge < -0.3 is 0 Å². The van der Waals surface area contributed by atoms with Gasteiger partial charge in [-0.05, 0) is 31.5 Å². The minimum Gasteiger partial charge on any atom is -0.298 e. The van der Waals surface area contributed by atoms with Crippen LogP contribution in [0, 0.1) is 13.8 Å². The second-order valence-corrected chi connectivity index (χ2v) is 5.85. The Morgan fingerprint density at radius 1 is 1.00 bits per heavy atom. The molecular formula is C17H18OS. The monoisotopic (exact) mass is 270 g/mol. The fourth-order valence-corrected chi connectivity index (χ4v) is 2.73. The lowest BCUT2D eigenvalue weighted by Crippen LogP contribution is -2.05. The van der Waals surface area contributed by atoms with Crippen LogP contribution in [0.15, 0.2) is 53.4 Å². The van der Waals surface area contributed by atoms with E-state index in [9.17, 15) is 4.79 Å². The Morgan fingerprint density at radius 2 is 1.74 bits per heavy atom. The Kier molecular flexibility index (Phi) is 4.80. The van der Waals surface area contributed by atoms with Gasteiger partial charge in [0.25, 0.3) is 0 Å². The van der Waals surface area contributed by atoms with Crippen molar-refractivity contribution in [2.45, 2.75) is 25.2 Å². The maximum Gasteiger partial charge on any atom is 0.147 e. The number of rotatable bonds is 5. The van der Waals surface area contributed by atoms with E-state index in [4.69, 9.17) is 0 Å². The first-order valence-corrected chi connectivity index (χ1v) is 7.39. The first-order chi connectivity index (χ1) is 9.13. The van der Waals surface area contributed by atoms with Gasteiger partial charge in [0.15, 0.2) is 0 Å². The number of hydrogen-bond acceptors (Lipinski definition) is 2.